The molecular formula is C17H20N2O2. The molecular weight excluding hydrogens is 264 g/mol. The van der Waals surface area contributed by atoms with Crippen molar-refractivity contribution in [1.82, 2.24) is 9.80 Å². The van der Waals surface area contributed by atoms with E-state index in [0.717, 1.165) is 38.3 Å². The normalized spacial score (nSPS) is 19.7. The molecule has 0 spiro atoms. The summed E-state index contributed by atoms with van der Waals surface area (Å²) in [6.07, 6.45) is 2.59. The molecule has 4 nitrogen and oxygen atoms in total. The highest BCUT2D eigenvalue weighted by Gasteiger charge is 2.29. The van der Waals surface area contributed by atoms with E-state index < -0.39 is 0 Å². The third kappa shape index (κ3) is 3.16. The molecule has 1 aliphatic heterocycles. The van der Waals surface area contributed by atoms with Crippen LogP contribution in [0.3, 0.4) is 0 Å². The minimum atomic E-state index is 0.0108. The number of furan rings is 1. The van der Waals surface area contributed by atoms with Crippen molar-refractivity contribution in [3.63, 3.8) is 0 Å². The average molecular weight is 284 g/mol. The molecule has 0 N–H and O–H groups in total. The average Bonchev–Trinajstić information content (AvgIpc) is 3.04. The molecule has 2 heterocycles. The summed E-state index contributed by atoms with van der Waals surface area (Å²) in [5.41, 5.74) is 2.58. The number of nitrogens with zero attached hydrogens (tertiary/aromatic N) is 2. The van der Waals surface area contributed by atoms with Crippen LogP contribution in [-0.4, -0.2) is 35.8 Å². The van der Waals surface area contributed by atoms with Crippen LogP contribution in [0.15, 0.2) is 47.1 Å². The Bertz CT molecular complexity index is 577. The van der Waals surface area contributed by atoms with Gasteiger partial charge in [-0.05, 0) is 24.6 Å². The van der Waals surface area contributed by atoms with E-state index in [4.69, 9.17) is 4.42 Å². The van der Waals surface area contributed by atoms with Crippen molar-refractivity contribution in [3.05, 3.63) is 59.5 Å². The van der Waals surface area contributed by atoms with Gasteiger partial charge in [0.1, 0.15) is 11.8 Å². The van der Waals surface area contributed by atoms with E-state index in [1.807, 2.05) is 17.0 Å². The summed E-state index contributed by atoms with van der Waals surface area (Å²) in [6.45, 7) is 5.44. The molecule has 1 aromatic carbocycles. The summed E-state index contributed by atoms with van der Waals surface area (Å²) in [5, 5.41) is 0. The SMILES string of the molecule is Cc1ccc(CN2CCN(C=O)C(c3ccco3)C2)cc1. The van der Waals surface area contributed by atoms with Crippen LogP contribution in [0.4, 0.5) is 0 Å². The van der Waals surface area contributed by atoms with Crippen LogP contribution < -0.4 is 0 Å². The van der Waals surface area contributed by atoms with Crippen molar-refractivity contribution in [2.75, 3.05) is 19.6 Å². The molecule has 1 aromatic heterocycles. The number of carbonyl (C=O) groups excluding carboxylic acids is 1. The number of hydrogen-bond donors (Lipinski definition) is 0. The van der Waals surface area contributed by atoms with Crippen molar-refractivity contribution >= 4 is 6.41 Å². The Morgan fingerprint density at radius 1 is 1.24 bits per heavy atom. The molecule has 1 unspecified atom stereocenters. The lowest BCUT2D eigenvalue weighted by Crippen LogP contribution is -2.47. The predicted octanol–water partition coefficient (Wildman–Crippen LogP) is 2.60. The largest absolute Gasteiger partial charge is 0.467 e. The first-order chi connectivity index (χ1) is 10.3. The smallest absolute Gasteiger partial charge is 0.210 e. The topological polar surface area (TPSA) is 36.7 Å². The highest BCUT2D eigenvalue weighted by molar-refractivity contribution is 5.48. The maximum atomic E-state index is 11.2. The van der Waals surface area contributed by atoms with Crippen molar-refractivity contribution in [3.8, 4) is 0 Å². The number of carbonyl (C=O) groups is 1. The summed E-state index contributed by atoms with van der Waals surface area (Å²) in [4.78, 5) is 15.4. The van der Waals surface area contributed by atoms with E-state index >= 15 is 0 Å². The Labute approximate surface area is 125 Å². The lowest BCUT2D eigenvalue weighted by molar-refractivity contribution is -0.123. The molecule has 1 atom stereocenters. The Morgan fingerprint density at radius 3 is 2.71 bits per heavy atom. The second-order valence-corrected chi connectivity index (χ2v) is 5.60. The van der Waals surface area contributed by atoms with E-state index in [1.165, 1.54) is 11.1 Å². The van der Waals surface area contributed by atoms with Crippen molar-refractivity contribution < 1.29 is 9.21 Å². The minimum absolute atomic E-state index is 0.0108. The lowest BCUT2D eigenvalue weighted by atomic mass is 10.1. The van der Waals surface area contributed by atoms with Crippen LogP contribution in [0, 0.1) is 6.92 Å². The fourth-order valence-corrected chi connectivity index (χ4v) is 2.81. The zero-order valence-corrected chi connectivity index (χ0v) is 12.2. The quantitative estimate of drug-likeness (QED) is 0.810. The molecule has 110 valence electrons. The maximum absolute atomic E-state index is 11.2. The zero-order chi connectivity index (χ0) is 14.7. The summed E-state index contributed by atoms with van der Waals surface area (Å²) >= 11 is 0. The molecule has 2 aromatic rings. The van der Waals surface area contributed by atoms with E-state index in [0.29, 0.717) is 0 Å². The van der Waals surface area contributed by atoms with Gasteiger partial charge in [-0.2, -0.15) is 0 Å². The van der Waals surface area contributed by atoms with Gasteiger partial charge in [0.05, 0.1) is 6.26 Å². The van der Waals surface area contributed by atoms with Gasteiger partial charge in [-0.25, -0.2) is 0 Å². The third-order valence-corrected chi connectivity index (χ3v) is 4.04. The minimum Gasteiger partial charge on any atom is -0.467 e. The second-order valence-electron chi connectivity index (χ2n) is 5.60. The van der Waals surface area contributed by atoms with Gasteiger partial charge in [0.25, 0.3) is 0 Å². The maximum Gasteiger partial charge on any atom is 0.210 e. The number of hydrogen-bond acceptors (Lipinski definition) is 3. The second kappa shape index (κ2) is 6.14. The summed E-state index contributed by atoms with van der Waals surface area (Å²) < 4.78 is 5.49. The first-order valence-corrected chi connectivity index (χ1v) is 7.28. The zero-order valence-electron chi connectivity index (χ0n) is 12.2. The Hall–Kier alpha value is -2.07. The number of benzene rings is 1. The van der Waals surface area contributed by atoms with Gasteiger partial charge >= 0.3 is 0 Å². The molecule has 0 radical (unpaired) electrons. The van der Waals surface area contributed by atoms with Gasteiger partial charge in [0.2, 0.25) is 6.41 Å². The number of aryl methyl sites for hydroxylation is 1. The monoisotopic (exact) mass is 284 g/mol. The van der Waals surface area contributed by atoms with Gasteiger partial charge in [0.15, 0.2) is 0 Å². The number of piperazine rings is 1. The molecule has 1 aliphatic rings. The molecule has 0 aliphatic carbocycles. The van der Waals surface area contributed by atoms with Crippen molar-refractivity contribution in [2.45, 2.75) is 19.5 Å². The van der Waals surface area contributed by atoms with Gasteiger partial charge < -0.3 is 9.32 Å². The lowest BCUT2D eigenvalue weighted by Gasteiger charge is -2.38. The van der Waals surface area contributed by atoms with Gasteiger partial charge in [-0.1, -0.05) is 29.8 Å². The predicted molar refractivity (Wildman–Crippen MR) is 80.7 cm³/mol. The highest BCUT2D eigenvalue weighted by Crippen LogP contribution is 2.25. The van der Waals surface area contributed by atoms with Crippen LogP contribution >= 0.6 is 0 Å². The standard InChI is InChI=1S/C17H20N2O2/c1-14-4-6-15(7-5-14)11-18-8-9-19(13-20)16(12-18)17-3-2-10-21-17/h2-7,10,13,16H,8-9,11-12H2,1H3. The van der Waals surface area contributed by atoms with Crippen LogP contribution in [-0.2, 0) is 11.3 Å². The van der Waals surface area contributed by atoms with Crippen LogP contribution in [0.1, 0.15) is 22.9 Å². The van der Waals surface area contributed by atoms with Gasteiger partial charge in [-0.15, -0.1) is 0 Å². The summed E-state index contributed by atoms with van der Waals surface area (Å²) in [6, 6.07) is 12.4. The molecule has 4 heteroatoms. The fraction of sp³-hybridized carbons (Fsp3) is 0.353. The Kier molecular flexibility index (Phi) is 4.06. The van der Waals surface area contributed by atoms with E-state index in [9.17, 15) is 4.79 Å². The first-order valence-electron chi connectivity index (χ1n) is 7.28. The Morgan fingerprint density at radius 2 is 2.05 bits per heavy atom. The molecule has 1 fully saturated rings. The molecule has 0 saturated carbocycles. The van der Waals surface area contributed by atoms with Crippen molar-refractivity contribution in [1.29, 1.82) is 0 Å². The molecule has 3 rings (SSSR count). The Balaban J connectivity index is 1.70. The summed E-state index contributed by atoms with van der Waals surface area (Å²) in [5.74, 6) is 0.857. The van der Waals surface area contributed by atoms with Crippen LogP contribution in [0.2, 0.25) is 0 Å². The highest BCUT2D eigenvalue weighted by atomic mass is 16.3. The van der Waals surface area contributed by atoms with Gasteiger partial charge in [-0.3, -0.25) is 9.69 Å². The van der Waals surface area contributed by atoms with E-state index in [2.05, 4.69) is 36.1 Å². The van der Waals surface area contributed by atoms with Crippen molar-refractivity contribution in [2.24, 2.45) is 0 Å². The summed E-state index contributed by atoms with van der Waals surface area (Å²) in [7, 11) is 0. The molecule has 1 amide bonds. The fourth-order valence-electron chi connectivity index (χ4n) is 2.81. The number of rotatable bonds is 4. The molecule has 21 heavy (non-hydrogen) atoms. The van der Waals surface area contributed by atoms with E-state index in [1.54, 1.807) is 6.26 Å². The number of amides is 1. The van der Waals surface area contributed by atoms with Gasteiger partial charge in [0, 0.05) is 26.2 Å². The first kappa shape index (κ1) is 13.9. The third-order valence-electron chi connectivity index (χ3n) is 4.04. The van der Waals surface area contributed by atoms with Crippen LogP contribution in [0.5, 0.6) is 0 Å². The molecule has 0 bridgehead atoms. The van der Waals surface area contributed by atoms with Crippen LogP contribution in [0.25, 0.3) is 0 Å². The molecule has 1 saturated heterocycles. The van der Waals surface area contributed by atoms with E-state index in [-0.39, 0.29) is 6.04 Å².